The van der Waals surface area contributed by atoms with Crippen LogP contribution in [0.3, 0.4) is 0 Å². The number of nitrogens with zero attached hydrogens (tertiary/aromatic N) is 2. The first-order chi connectivity index (χ1) is 16.6. The average molecular weight is 469 g/mol. The van der Waals surface area contributed by atoms with Gasteiger partial charge in [0.1, 0.15) is 11.5 Å². The van der Waals surface area contributed by atoms with Gasteiger partial charge in [-0.3, -0.25) is 4.79 Å². The first kappa shape index (κ1) is 24.2. The molecule has 1 fully saturated rings. The van der Waals surface area contributed by atoms with Gasteiger partial charge in [0.25, 0.3) is 5.91 Å². The Hall–Kier alpha value is -2.93. The number of likely N-dealkylation sites (tertiary alicyclic amines) is 1. The van der Waals surface area contributed by atoms with Crippen molar-refractivity contribution < 1.29 is 23.7 Å². The molecule has 7 heteroatoms. The number of hydrogen-bond acceptors (Lipinski definition) is 6. The molecule has 34 heavy (non-hydrogen) atoms. The Morgan fingerprint density at radius 1 is 0.971 bits per heavy atom. The number of fused-ring (bicyclic) bond motifs is 1. The number of benzene rings is 2. The molecule has 0 radical (unpaired) electrons. The normalized spacial score (nSPS) is 18.4. The standard InChI is InChI=1S/C27H36N2O5/c1-31-22-8-4-9-23(16-22)34-14-6-12-28-11-5-7-20(18-28)19-29-13-10-21-15-25(32-2)26(33-3)17-24(21)27(29)30/h4,8-9,15-17,20H,5-7,10-14,18-19H2,1-3H3. The maximum atomic E-state index is 13.2. The van der Waals surface area contributed by atoms with Gasteiger partial charge in [0.15, 0.2) is 11.5 Å². The van der Waals surface area contributed by atoms with Crippen molar-refractivity contribution in [3.63, 3.8) is 0 Å². The molecule has 2 aromatic carbocycles. The van der Waals surface area contributed by atoms with Gasteiger partial charge >= 0.3 is 0 Å². The highest BCUT2D eigenvalue weighted by molar-refractivity contribution is 5.97. The second-order valence-electron chi connectivity index (χ2n) is 9.06. The van der Waals surface area contributed by atoms with Crippen LogP contribution in [0.1, 0.15) is 35.2 Å². The summed E-state index contributed by atoms with van der Waals surface area (Å²) in [6.07, 6.45) is 4.16. The van der Waals surface area contributed by atoms with Crippen LogP contribution in [-0.4, -0.2) is 76.4 Å². The van der Waals surface area contributed by atoms with Crippen LogP contribution < -0.4 is 18.9 Å². The van der Waals surface area contributed by atoms with Crippen molar-refractivity contribution in [2.45, 2.75) is 25.7 Å². The zero-order chi connectivity index (χ0) is 23.9. The van der Waals surface area contributed by atoms with Gasteiger partial charge in [-0.15, -0.1) is 0 Å². The lowest BCUT2D eigenvalue weighted by atomic mass is 9.94. The highest BCUT2D eigenvalue weighted by atomic mass is 16.5. The van der Waals surface area contributed by atoms with E-state index in [0.717, 1.165) is 68.2 Å². The van der Waals surface area contributed by atoms with E-state index >= 15 is 0 Å². The predicted molar refractivity (Wildman–Crippen MR) is 131 cm³/mol. The van der Waals surface area contributed by atoms with Crippen LogP contribution in [-0.2, 0) is 6.42 Å². The minimum atomic E-state index is 0.103. The van der Waals surface area contributed by atoms with Crippen LogP contribution in [0.25, 0.3) is 0 Å². The van der Waals surface area contributed by atoms with Gasteiger partial charge < -0.3 is 28.7 Å². The fourth-order valence-electron chi connectivity index (χ4n) is 5.01. The summed E-state index contributed by atoms with van der Waals surface area (Å²) in [7, 11) is 4.89. The van der Waals surface area contributed by atoms with Crippen LogP contribution in [0, 0.1) is 5.92 Å². The Kier molecular flexibility index (Phi) is 8.16. The van der Waals surface area contributed by atoms with E-state index in [1.54, 1.807) is 21.3 Å². The molecule has 2 aliphatic rings. The molecule has 2 aliphatic heterocycles. The smallest absolute Gasteiger partial charge is 0.254 e. The number of carbonyl (C=O) groups is 1. The van der Waals surface area contributed by atoms with Crippen LogP contribution in [0.4, 0.5) is 0 Å². The van der Waals surface area contributed by atoms with Crippen molar-refractivity contribution in [3.05, 3.63) is 47.5 Å². The molecule has 1 amide bonds. The summed E-state index contributed by atoms with van der Waals surface area (Å²) in [5.41, 5.74) is 1.78. The van der Waals surface area contributed by atoms with Gasteiger partial charge in [-0.05, 0) is 68.0 Å². The lowest BCUT2D eigenvalue weighted by molar-refractivity contribution is 0.0658. The summed E-state index contributed by atoms with van der Waals surface area (Å²) in [6.45, 7) is 5.40. The van der Waals surface area contributed by atoms with Gasteiger partial charge in [0.2, 0.25) is 0 Å². The number of rotatable bonds is 10. The number of ether oxygens (including phenoxy) is 4. The molecule has 0 aromatic heterocycles. The quantitative estimate of drug-likeness (QED) is 0.493. The first-order valence-electron chi connectivity index (χ1n) is 12.1. The molecule has 1 saturated heterocycles. The number of carbonyl (C=O) groups excluding carboxylic acids is 1. The van der Waals surface area contributed by atoms with Gasteiger partial charge in [-0.2, -0.15) is 0 Å². The molecule has 1 unspecified atom stereocenters. The first-order valence-corrected chi connectivity index (χ1v) is 12.1. The van der Waals surface area contributed by atoms with E-state index in [9.17, 15) is 4.79 Å². The van der Waals surface area contributed by atoms with Crippen LogP contribution >= 0.6 is 0 Å². The molecule has 2 heterocycles. The van der Waals surface area contributed by atoms with Crippen LogP contribution in [0.15, 0.2) is 36.4 Å². The van der Waals surface area contributed by atoms with E-state index in [4.69, 9.17) is 18.9 Å². The molecule has 0 aliphatic carbocycles. The second-order valence-corrected chi connectivity index (χ2v) is 9.06. The molecular weight excluding hydrogens is 432 g/mol. The third kappa shape index (κ3) is 5.76. The van der Waals surface area contributed by atoms with E-state index in [-0.39, 0.29) is 5.91 Å². The summed E-state index contributed by atoms with van der Waals surface area (Å²) < 4.78 is 22.0. The van der Waals surface area contributed by atoms with Crippen LogP contribution in [0.5, 0.6) is 23.0 Å². The lowest BCUT2D eigenvalue weighted by Gasteiger charge is -2.37. The van der Waals surface area contributed by atoms with Crippen molar-refractivity contribution in [1.82, 2.24) is 9.80 Å². The summed E-state index contributed by atoms with van der Waals surface area (Å²) >= 11 is 0. The van der Waals surface area contributed by atoms with Gasteiger partial charge in [-0.1, -0.05) is 6.07 Å². The van der Waals surface area contributed by atoms with E-state index in [1.165, 1.54) is 12.8 Å². The SMILES string of the molecule is COc1cccc(OCCCN2CCCC(CN3CCc4cc(OC)c(OC)cc4C3=O)C2)c1. The molecule has 184 valence electrons. The van der Waals surface area contributed by atoms with E-state index < -0.39 is 0 Å². The van der Waals surface area contributed by atoms with Gasteiger partial charge in [-0.25, -0.2) is 0 Å². The average Bonchev–Trinajstić information content (AvgIpc) is 2.88. The van der Waals surface area contributed by atoms with Crippen molar-refractivity contribution in [1.29, 1.82) is 0 Å². The Morgan fingerprint density at radius 3 is 2.56 bits per heavy atom. The van der Waals surface area contributed by atoms with Crippen molar-refractivity contribution in [3.8, 4) is 23.0 Å². The third-order valence-electron chi connectivity index (χ3n) is 6.79. The highest BCUT2D eigenvalue weighted by Gasteiger charge is 2.29. The number of hydrogen-bond donors (Lipinski definition) is 0. The highest BCUT2D eigenvalue weighted by Crippen LogP contribution is 2.33. The van der Waals surface area contributed by atoms with Gasteiger partial charge in [0.05, 0.1) is 27.9 Å². The topological polar surface area (TPSA) is 60.5 Å². The predicted octanol–water partition coefficient (Wildman–Crippen LogP) is 3.89. The minimum absolute atomic E-state index is 0.103. The molecule has 0 N–H and O–H groups in total. The number of piperidine rings is 1. The zero-order valence-corrected chi connectivity index (χ0v) is 20.5. The van der Waals surface area contributed by atoms with E-state index in [1.807, 2.05) is 41.3 Å². The summed E-state index contributed by atoms with van der Waals surface area (Å²) in [5.74, 6) is 3.54. The minimum Gasteiger partial charge on any atom is -0.497 e. The fourth-order valence-corrected chi connectivity index (χ4v) is 5.01. The summed E-state index contributed by atoms with van der Waals surface area (Å²) in [4.78, 5) is 17.8. The Morgan fingerprint density at radius 2 is 1.76 bits per heavy atom. The Balaban J connectivity index is 1.26. The number of amides is 1. The Bertz CT molecular complexity index is 979. The molecule has 0 spiro atoms. The molecule has 7 nitrogen and oxygen atoms in total. The molecule has 0 bridgehead atoms. The summed E-state index contributed by atoms with van der Waals surface area (Å²) in [5, 5.41) is 0. The molecule has 2 aromatic rings. The maximum absolute atomic E-state index is 13.2. The largest absolute Gasteiger partial charge is 0.497 e. The summed E-state index contributed by atoms with van der Waals surface area (Å²) in [6, 6.07) is 11.5. The van der Waals surface area contributed by atoms with E-state index in [2.05, 4.69) is 4.90 Å². The van der Waals surface area contributed by atoms with Crippen molar-refractivity contribution in [2.24, 2.45) is 5.92 Å². The van der Waals surface area contributed by atoms with Crippen molar-refractivity contribution in [2.75, 3.05) is 60.7 Å². The molecule has 1 atom stereocenters. The fraction of sp³-hybridized carbons (Fsp3) is 0.519. The van der Waals surface area contributed by atoms with Gasteiger partial charge in [0, 0.05) is 37.8 Å². The molecular formula is C27H36N2O5. The monoisotopic (exact) mass is 468 g/mol. The van der Waals surface area contributed by atoms with Crippen molar-refractivity contribution >= 4 is 5.91 Å². The second kappa shape index (κ2) is 11.5. The van der Waals surface area contributed by atoms with E-state index in [0.29, 0.717) is 24.0 Å². The Labute approximate surface area is 202 Å². The van der Waals surface area contributed by atoms with Crippen LogP contribution in [0.2, 0.25) is 0 Å². The maximum Gasteiger partial charge on any atom is 0.254 e. The lowest BCUT2D eigenvalue weighted by Crippen LogP contribution is -2.45. The third-order valence-corrected chi connectivity index (χ3v) is 6.79. The molecule has 4 rings (SSSR count). The zero-order valence-electron chi connectivity index (χ0n) is 20.5. The number of methoxy groups -OCH3 is 3. The molecule has 0 saturated carbocycles.